The van der Waals surface area contributed by atoms with Crippen molar-refractivity contribution in [3.63, 3.8) is 0 Å². The van der Waals surface area contributed by atoms with E-state index in [0.717, 1.165) is 5.56 Å². The van der Waals surface area contributed by atoms with E-state index in [9.17, 15) is 13.2 Å². The molecule has 0 aliphatic carbocycles. The third-order valence-corrected chi connectivity index (χ3v) is 6.28. The molecular formula is C23H23ClN2O5S. The lowest BCUT2D eigenvalue weighted by Gasteiger charge is -2.15. The van der Waals surface area contributed by atoms with Crippen molar-refractivity contribution in [1.29, 1.82) is 0 Å². The Morgan fingerprint density at radius 1 is 1.03 bits per heavy atom. The summed E-state index contributed by atoms with van der Waals surface area (Å²) in [6.07, 6.45) is 0. The van der Waals surface area contributed by atoms with Crippen LogP contribution in [-0.4, -0.2) is 28.0 Å². The van der Waals surface area contributed by atoms with Crippen LogP contribution in [0.1, 0.15) is 18.5 Å². The van der Waals surface area contributed by atoms with E-state index in [1.807, 2.05) is 37.3 Å². The minimum absolute atomic E-state index is 0.0407. The summed E-state index contributed by atoms with van der Waals surface area (Å²) >= 11 is 6.04. The summed E-state index contributed by atoms with van der Waals surface area (Å²) < 4.78 is 38.2. The Kier molecular flexibility index (Phi) is 7.61. The summed E-state index contributed by atoms with van der Waals surface area (Å²) in [5, 5.41) is 3.14. The summed E-state index contributed by atoms with van der Waals surface area (Å²) in [6.45, 7) is 1.70. The second-order valence-electron chi connectivity index (χ2n) is 6.91. The molecule has 3 rings (SSSR count). The van der Waals surface area contributed by atoms with E-state index in [2.05, 4.69) is 10.0 Å². The maximum Gasteiger partial charge on any atom is 0.261 e. The van der Waals surface area contributed by atoms with Gasteiger partial charge in [0, 0.05) is 0 Å². The number of carbonyl (C=O) groups excluding carboxylic acids is 1. The van der Waals surface area contributed by atoms with Gasteiger partial charge in [-0.2, -0.15) is 0 Å². The molecule has 0 heterocycles. The SMILES string of the molecule is COc1ccc(NS(=O)(=O)c2ccc(OCC(=O)N[C@@H](C)c3ccccc3)cc2)cc1Cl. The molecule has 0 bridgehead atoms. The summed E-state index contributed by atoms with van der Waals surface area (Å²) in [4.78, 5) is 12.2. The molecule has 9 heteroatoms. The number of hydrogen-bond donors (Lipinski definition) is 2. The average molecular weight is 475 g/mol. The maximum absolute atomic E-state index is 12.6. The zero-order chi connectivity index (χ0) is 23.1. The van der Waals surface area contributed by atoms with E-state index >= 15 is 0 Å². The Morgan fingerprint density at radius 2 is 1.72 bits per heavy atom. The van der Waals surface area contributed by atoms with Crippen molar-refractivity contribution in [3.8, 4) is 11.5 Å². The number of benzene rings is 3. The number of halogens is 1. The van der Waals surface area contributed by atoms with Crippen molar-refractivity contribution in [3.05, 3.63) is 83.4 Å². The van der Waals surface area contributed by atoms with Crippen molar-refractivity contribution in [2.75, 3.05) is 18.4 Å². The predicted octanol–water partition coefficient (Wildman–Crippen LogP) is 4.41. The van der Waals surface area contributed by atoms with Gasteiger partial charge in [-0.25, -0.2) is 8.42 Å². The van der Waals surface area contributed by atoms with Gasteiger partial charge in [0.1, 0.15) is 11.5 Å². The maximum atomic E-state index is 12.6. The van der Waals surface area contributed by atoms with Crippen molar-refractivity contribution < 1.29 is 22.7 Å². The predicted molar refractivity (Wildman–Crippen MR) is 124 cm³/mol. The Morgan fingerprint density at radius 3 is 2.34 bits per heavy atom. The van der Waals surface area contributed by atoms with Gasteiger partial charge in [0.2, 0.25) is 0 Å². The number of ether oxygens (including phenoxy) is 2. The first-order chi connectivity index (χ1) is 15.3. The molecule has 168 valence electrons. The molecule has 0 saturated carbocycles. The summed E-state index contributed by atoms with van der Waals surface area (Å²) in [7, 11) is -2.35. The molecule has 2 N–H and O–H groups in total. The van der Waals surface area contributed by atoms with Gasteiger partial charge in [-0.1, -0.05) is 41.9 Å². The molecule has 0 aromatic heterocycles. The second kappa shape index (κ2) is 10.4. The Bertz CT molecular complexity index is 1170. The first-order valence-electron chi connectivity index (χ1n) is 9.72. The third-order valence-electron chi connectivity index (χ3n) is 4.59. The van der Waals surface area contributed by atoms with Crippen LogP contribution in [0, 0.1) is 0 Å². The van der Waals surface area contributed by atoms with Crippen LogP contribution in [0.4, 0.5) is 5.69 Å². The van der Waals surface area contributed by atoms with E-state index < -0.39 is 10.0 Å². The zero-order valence-electron chi connectivity index (χ0n) is 17.5. The molecule has 1 atom stereocenters. The van der Waals surface area contributed by atoms with Crippen LogP contribution >= 0.6 is 11.6 Å². The smallest absolute Gasteiger partial charge is 0.261 e. The molecule has 1 amide bonds. The molecule has 32 heavy (non-hydrogen) atoms. The lowest BCUT2D eigenvalue weighted by molar-refractivity contribution is -0.123. The molecule has 3 aromatic carbocycles. The zero-order valence-corrected chi connectivity index (χ0v) is 19.1. The largest absolute Gasteiger partial charge is 0.495 e. The van der Waals surface area contributed by atoms with Crippen molar-refractivity contribution in [2.45, 2.75) is 17.9 Å². The summed E-state index contributed by atoms with van der Waals surface area (Å²) in [5.74, 6) is 0.536. The van der Waals surface area contributed by atoms with Crippen LogP contribution in [0.3, 0.4) is 0 Å². The van der Waals surface area contributed by atoms with E-state index in [1.54, 1.807) is 12.1 Å². The normalized spacial score (nSPS) is 12.0. The van der Waals surface area contributed by atoms with Crippen LogP contribution in [0.25, 0.3) is 0 Å². The monoisotopic (exact) mass is 474 g/mol. The van der Waals surface area contributed by atoms with E-state index in [4.69, 9.17) is 21.1 Å². The highest BCUT2D eigenvalue weighted by molar-refractivity contribution is 7.92. The van der Waals surface area contributed by atoms with Crippen molar-refractivity contribution in [2.24, 2.45) is 0 Å². The van der Waals surface area contributed by atoms with Gasteiger partial charge in [-0.3, -0.25) is 9.52 Å². The summed E-state index contributed by atoms with van der Waals surface area (Å²) in [6, 6.07) is 19.8. The highest BCUT2D eigenvalue weighted by Crippen LogP contribution is 2.28. The molecule has 0 fully saturated rings. The van der Waals surface area contributed by atoms with E-state index in [1.165, 1.54) is 37.4 Å². The number of methoxy groups -OCH3 is 1. The number of anilines is 1. The molecular weight excluding hydrogens is 452 g/mol. The summed E-state index contributed by atoms with van der Waals surface area (Å²) in [5.41, 5.74) is 1.29. The van der Waals surface area contributed by atoms with Gasteiger partial charge in [0.25, 0.3) is 15.9 Å². The fraction of sp³-hybridized carbons (Fsp3) is 0.174. The standard InChI is InChI=1S/C23H23ClN2O5S/c1-16(17-6-4-3-5-7-17)25-23(27)15-31-19-9-11-20(12-10-19)32(28,29)26-18-8-13-22(30-2)21(24)14-18/h3-14,16,26H,15H2,1-2H3,(H,25,27)/t16-/m0/s1. The first-order valence-corrected chi connectivity index (χ1v) is 11.6. The van der Waals surface area contributed by atoms with Gasteiger partial charge in [0.15, 0.2) is 6.61 Å². The first kappa shape index (κ1) is 23.4. The lowest BCUT2D eigenvalue weighted by atomic mass is 10.1. The molecule has 0 unspecified atom stereocenters. The Labute approximate surface area is 192 Å². The van der Waals surface area contributed by atoms with Gasteiger partial charge in [0.05, 0.1) is 28.8 Å². The minimum Gasteiger partial charge on any atom is -0.495 e. The Hall–Kier alpha value is -3.23. The number of sulfonamides is 1. The fourth-order valence-electron chi connectivity index (χ4n) is 2.92. The fourth-order valence-corrected chi connectivity index (χ4v) is 4.22. The molecule has 0 saturated heterocycles. The molecule has 3 aromatic rings. The van der Waals surface area contributed by atoms with Gasteiger partial charge in [-0.15, -0.1) is 0 Å². The minimum atomic E-state index is -3.83. The number of nitrogens with one attached hydrogen (secondary N) is 2. The quantitative estimate of drug-likeness (QED) is 0.479. The van der Waals surface area contributed by atoms with E-state index in [-0.39, 0.29) is 28.5 Å². The Balaban J connectivity index is 1.57. The van der Waals surface area contributed by atoms with Gasteiger partial charge >= 0.3 is 0 Å². The van der Waals surface area contributed by atoms with E-state index in [0.29, 0.717) is 17.2 Å². The molecule has 0 radical (unpaired) electrons. The van der Waals surface area contributed by atoms with Crippen molar-refractivity contribution >= 4 is 33.2 Å². The highest BCUT2D eigenvalue weighted by Gasteiger charge is 2.16. The van der Waals surface area contributed by atoms with Gasteiger partial charge in [-0.05, 0) is 55.0 Å². The number of amides is 1. The van der Waals surface area contributed by atoms with Crippen molar-refractivity contribution in [1.82, 2.24) is 5.32 Å². The highest BCUT2D eigenvalue weighted by atomic mass is 35.5. The second-order valence-corrected chi connectivity index (χ2v) is 9.00. The molecule has 7 nitrogen and oxygen atoms in total. The third kappa shape index (κ3) is 6.15. The molecule has 0 aliphatic rings. The number of hydrogen-bond acceptors (Lipinski definition) is 5. The molecule has 0 aliphatic heterocycles. The molecule has 0 spiro atoms. The van der Waals surface area contributed by atoms with Crippen LogP contribution in [-0.2, 0) is 14.8 Å². The van der Waals surface area contributed by atoms with Crippen LogP contribution in [0.5, 0.6) is 11.5 Å². The lowest BCUT2D eigenvalue weighted by Crippen LogP contribution is -2.31. The van der Waals surface area contributed by atoms with Crippen LogP contribution in [0.2, 0.25) is 5.02 Å². The topological polar surface area (TPSA) is 93.7 Å². The van der Waals surface area contributed by atoms with Crippen LogP contribution < -0.4 is 19.5 Å². The number of rotatable bonds is 9. The number of carbonyl (C=O) groups is 1. The van der Waals surface area contributed by atoms with Gasteiger partial charge < -0.3 is 14.8 Å². The average Bonchev–Trinajstić information content (AvgIpc) is 2.78. The van der Waals surface area contributed by atoms with Crippen LogP contribution in [0.15, 0.2) is 77.7 Å².